The molecule has 0 radical (unpaired) electrons. The van der Waals surface area contributed by atoms with E-state index in [-0.39, 0.29) is 0 Å². The molecule has 1 aromatic heterocycles. The molecular weight excluding hydrogens is 218 g/mol. The molecule has 0 atom stereocenters. The van der Waals surface area contributed by atoms with Crippen LogP contribution < -0.4 is 5.32 Å². The summed E-state index contributed by atoms with van der Waals surface area (Å²) >= 11 is 1.70. The third-order valence-corrected chi connectivity index (χ3v) is 4.14. The Morgan fingerprint density at radius 3 is 2.62 bits per heavy atom. The molecule has 1 aromatic rings. The molecule has 1 aliphatic heterocycles. The smallest absolute Gasteiger partial charge is 0.0795 e. The van der Waals surface area contributed by atoms with Crippen molar-refractivity contribution >= 4 is 11.3 Å². The first-order valence-corrected chi connectivity index (χ1v) is 7.20. The zero-order chi connectivity index (χ0) is 10.8. The van der Waals surface area contributed by atoms with Crippen LogP contribution in [0.1, 0.15) is 31.4 Å². The molecule has 4 heteroatoms. The molecule has 0 aromatic carbocycles. The molecule has 2 heterocycles. The summed E-state index contributed by atoms with van der Waals surface area (Å²) in [6.45, 7) is 3.49. The van der Waals surface area contributed by atoms with Crippen LogP contribution in [0, 0.1) is 0 Å². The Bertz CT molecular complexity index is 313. The largest absolute Gasteiger partial charge is 0.311 e. The maximum Gasteiger partial charge on any atom is 0.0795 e. The van der Waals surface area contributed by atoms with Gasteiger partial charge in [-0.1, -0.05) is 0 Å². The van der Waals surface area contributed by atoms with Crippen molar-refractivity contribution in [3.05, 3.63) is 16.6 Å². The molecule has 1 aliphatic carbocycles. The van der Waals surface area contributed by atoms with Crippen LogP contribution in [0.5, 0.6) is 0 Å². The van der Waals surface area contributed by atoms with Crippen LogP contribution in [-0.2, 0) is 6.54 Å². The van der Waals surface area contributed by atoms with Crippen LogP contribution in [0.4, 0.5) is 0 Å². The highest BCUT2D eigenvalue weighted by Crippen LogP contribution is 2.22. The number of nitrogens with one attached hydrogen (secondary N) is 1. The van der Waals surface area contributed by atoms with Crippen LogP contribution >= 0.6 is 11.3 Å². The van der Waals surface area contributed by atoms with Gasteiger partial charge in [-0.25, -0.2) is 4.98 Å². The van der Waals surface area contributed by atoms with Crippen molar-refractivity contribution in [3.63, 3.8) is 0 Å². The van der Waals surface area contributed by atoms with E-state index in [1.54, 1.807) is 11.3 Å². The number of piperidine rings is 1. The fourth-order valence-corrected chi connectivity index (χ4v) is 2.94. The lowest BCUT2D eigenvalue weighted by Gasteiger charge is -2.32. The number of thiazole rings is 1. The summed E-state index contributed by atoms with van der Waals surface area (Å²) < 4.78 is 0. The molecule has 1 N–H and O–H groups in total. The number of hydrogen-bond donors (Lipinski definition) is 1. The third-order valence-electron chi connectivity index (χ3n) is 3.51. The number of aromatic nitrogens is 1. The van der Waals surface area contributed by atoms with Crippen molar-refractivity contribution in [2.24, 2.45) is 0 Å². The van der Waals surface area contributed by atoms with Gasteiger partial charge in [0, 0.05) is 37.1 Å². The summed E-state index contributed by atoms with van der Waals surface area (Å²) in [5.74, 6) is 0. The first kappa shape index (κ1) is 10.7. The number of hydrogen-bond acceptors (Lipinski definition) is 4. The predicted octanol–water partition coefficient (Wildman–Crippen LogP) is 1.86. The number of rotatable bonds is 4. The molecular formula is C12H19N3S. The maximum absolute atomic E-state index is 4.35. The topological polar surface area (TPSA) is 28.2 Å². The van der Waals surface area contributed by atoms with Gasteiger partial charge in [-0.3, -0.25) is 4.90 Å². The lowest BCUT2D eigenvalue weighted by Crippen LogP contribution is -2.42. The van der Waals surface area contributed by atoms with Gasteiger partial charge in [0.25, 0.3) is 0 Å². The minimum absolute atomic E-state index is 0.777. The lowest BCUT2D eigenvalue weighted by molar-refractivity contribution is 0.188. The van der Waals surface area contributed by atoms with E-state index in [0.29, 0.717) is 0 Å². The summed E-state index contributed by atoms with van der Waals surface area (Å²) in [6.07, 6.45) is 5.42. The molecule has 0 spiro atoms. The van der Waals surface area contributed by atoms with Crippen LogP contribution in [0.15, 0.2) is 10.9 Å². The van der Waals surface area contributed by atoms with Crippen molar-refractivity contribution in [3.8, 4) is 0 Å². The first-order valence-electron chi connectivity index (χ1n) is 6.25. The molecule has 16 heavy (non-hydrogen) atoms. The third kappa shape index (κ3) is 2.81. The van der Waals surface area contributed by atoms with Crippen molar-refractivity contribution in [1.29, 1.82) is 0 Å². The summed E-state index contributed by atoms with van der Waals surface area (Å²) in [6, 6.07) is 1.63. The van der Waals surface area contributed by atoms with Crippen LogP contribution in [0.3, 0.4) is 0 Å². The summed E-state index contributed by atoms with van der Waals surface area (Å²) in [7, 11) is 0. The summed E-state index contributed by atoms with van der Waals surface area (Å²) in [4.78, 5) is 6.88. The van der Waals surface area contributed by atoms with Crippen LogP contribution in [0.25, 0.3) is 0 Å². The van der Waals surface area contributed by atoms with Crippen molar-refractivity contribution < 1.29 is 0 Å². The van der Waals surface area contributed by atoms with E-state index in [4.69, 9.17) is 0 Å². The van der Waals surface area contributed by atoms with E-state index < -0.39 is 0 Å². The Balaban J connectivity index is 1.43. The molecule has 3 rings (SSSR count). The molecule has 0 amide bonds. The average Bonchev–Trinajstić information content (AvgIpc) is 2.96. The van der Waals surface area contributed by atoms with E-state index in [1.165, 1.54) is 44.5 Å². The highest BCUT2D eigenvalue weighted by Gasteiger charge is 2.27. The molecule has 1 saturated carbocycles. The van der Waals surface area contributed by atoms with Crippen molar-refractivity contribution in [2.75, 3.05) is 13.1 Å². The minimum atomic E-state index is 0.777. The molecule has 2 fully saturated rings. The Morgan fingerprint density at radius 2 is 2.00 bits per heavy atom. The Kier molecular flexibility index (Phi) is 3.22. The highest BCUT2D eigenvalue weighted by molar-refractivity contribution is 7.07. The standard InChI is InChI=1S/C12H19N3S/c1-2-10(1)14-11-3-5-15(6-4-11)7-12-8-16-9-13-12/h8-11,14H,1-7H2. The monoisotopic (exact) mass is 237 g/mol. The van der Waals surface area contributed by atoms with E-state index >= 15 is 0 Å². The van der Waals surface area contributed by atoms with E-state index in [0.717, 1.165) is 18.6 Å². The number of nitrogens with zero attached hydrogens (tertiary/aromatic N) is 2. The van der Waals surface area contributed by atoms with Gasteiger partial charge in [-0.15, -0.1) is 11.3 Å². The highest BCUT2D eigenvalue weighted by atomic mass is 32.1. The van der Waals surface area contributed by atoms with Gasteiger partial charge in [0.15, 0.2) is 0 Å². The van der Waals surface area contributed by atoms with Crippen LogP contribution in [0.2, 0.25) is 0 Å². The fraction of sp³-hybridized carbons (Fsp3) is 0.750. The molecule has 0 bridgehead atoms. The van der Waals surface area contributed by atoms with Gasteiger partial charge in [0.2, 0.25) is 0 Å². The SMILES string of the molecule is c1nc(CN2CCC(NC3CC3)CC2)cs1. The molecule has 0 unspecified atom stereocenters. The quantitative estimate of drug-likeness (QED) is 0.866. The van der Waals surface area contributed by atoms with Gasteiger partial charge in [-0.05, 0) is 25.7 Å². The van der Waals surface area contributed by atoms with E-state index in [2.05, 4.69) is 20.6 Å². The second-order valence-electron chi connectivity index (χ2n) is 4.97. The zero-order valence-corrected chi connectivity index (χ0v) is 10.4. The second-order valence-corrected chi connectivity index (χ2v) is 5.69. The second kappa shape index (κ2) is 4.82. The first-order chi connectivity index (χ1) is 7.90. The van der Waals surface area contributed by atoms with Gasteiger partial charge < -0.3 is 5.32 Å². The van der Waals surface area contributed by atoms with Gasteiger partial charge >= 0.3 is 0 Å². The zero-order valence-electron chi connectivity index (χ0n) is 9.56. The lowest BCUT2D eigenvalue weighted by atomic mass is 10.0. The summed E-state index contributed by atoms with van der Waals surface area (Å²) in [5.41, 5.74) is 3.16. The van der Waals surface area contributed by atoms with Crippen molar-refractivity contribution in [1.82, 2.24) is 15.2 Å². The maximum atomic E-state index is 4.35. The van der Waals surface area contributed by atoms with E-state index in [9.17, 15) is 0 Å². The van der Waals surface area contributed by atoms with E-state index in [1.807, 2.05) is 5.51 Å². The van der Waals surface area contributed by atoms with Gasteiger partial charge in [-0.2, -0.15) is 0 Å². The molecule has 3 nitrogen and oxygen atoms in total. The summed E-state index contributed by atoms with van der Waals surface area (Å²) in [5, 5.41) is 5.89. The normalized spacial score (nSPS) is 23.8. The minimum Gasteiger partial charge on any atom is -0.311 e. The fourth-order valence-electron chi connectivity index (χ4n) is 2.39. The van der Waals surface area contributed by atoms with Gasteiger partial charge in [0.1, 0.15) is 0 Å². The van der Waals surface area contributed by atoms with Crippen LogP contribution in [-0.4, -0.2) is 35.1 Å². The Morgan fingerprint density at radius 1 is 1.25 bits per heavy atom. The van der Waals surface area contributed by atoms with Crippen molar-refractivity contribution in [2.45, 2.75) is 44.3 Å². The van der Waals surface area contributed by atoms with Gasteiger partial charge in [0.05, 0.1) is 11.2 Å². The Labute approximate surface area is 101 Å². The Hall–Kier alpha value is -0.450. The molecule has 88 valence electrons. The molecule has 2 aliphatic rings. The predicted molar refractivity (Wildman–Crippen MR) is 66.6 cm³/mol. The average molecular weight is 237 g/mol. The number of likely N-dealkylation sites (tertiary alicyclic amines) is 1. The molecule has 1 saturated heterocycles.